The molecule has 0 aliphatic carbocycles. The van der Waals surface area contributed by atoms with Crippen molar-refractivity contribution in [3.8, 4) is 0 Å². The third-order valence-corrected chi connectivity index (χ3v) is 2.86. The van der Waals surface area contributed by atoms with E-state index in [9.17, 15) is 22.4 Å². The van der Waals surface area contributed by atoms with Crippen LogP contribution in [-0.2, 0) is 6.42 Å². The van der Waals surface area contributed by atoms with Crippen LogP contribution in [0, 0.1) is 5.82 Å². The van der Waals surface area contributed by atoms with E-state index in [-0.39, 0.29) is 5.69 Å². The molecule has 0 spiro atoms. The summed E-state index contributed by atoms with van der Waals surface area (Å²) < 4.78 is 50.0. The zero-order valence-corrected chi connectivity index (χ0v) is 11.5. The lowest BCUT2D eigenvalue weighted by Crippen LogP contribution is -2.43. The lowest BCUT2D eigenvalue weighted by atomic mass is 10.1. The van der Waals surface area contributed by atoms with Gasteiger partial charge in [-0.3, -0.25) is 0 Å². The number of amides is 2. The molecule has 1 rings (SSSR count). The number of rotatable bonds is 4. The van der Waals surface area contributed by atoms with E-state index >= 15 is 0 Å². The first-order valence-electron chi connectivity index (χ1n) is 6.20. The highest BCUT2D eigenvalue weighted by Gasteiger charge is 2.39. The van der Waals surface area contributed by atoms with E-state index in [2.05, 4.69) is 5.32 Å². The van der Waals surface area contributed by atoms with Crippen LogP contribution >= 0.6 is 0 Å². The molecule has 0 unspecified atom stereocenters. The SMILES string of the molecule is CCc1ccc(NC(=O)N(C)C[C@H](O)C(F)(F)F)cc1F. The van der Waals surface area contributed by atoms with Crippen LogP contribution in [0.1, 0.15) is 12.5 Å². The van der Waals surface area contributed by atoms with E-state index < -0.39 is 30.7 Å². The summed E-state index contributed by atoms with van der Waals surface area (Å²) in [5.74, 6) is -0.506. The Hall–Kier alpha value is -1.83. The maximum absolute atomic E-state index is 13.5. The summed E-state index contributed by atoms with van der Waals surface area (Å²) in [5.41, 5.74) is 0.594. The van der Waals surface area contributed by atoms with Crippen molar-refractivity contribution in [3.05, 3.63) is 29.6 Å². The molecular weight excluding hydrogens is 292 g/mol. The van der Waals surface area contributed by atoms with Crippen LogP contribution in [0.2, 0.25) is 0 Å². The van der Waals surface area contributed by atoms with Crippen molar-refractivity contribution >= 4 is 11.7 Å². The second kappa shape index (κ2) is 6.75. The Morgan fingerprint density at radius 2 is 2.05 bits per heavy atom. The molecule has 0 aliphatic rings. The molecule has 1 aromatic rings. The number of hydrogen-bond acceptors (Lipinski definition) is 2. The molecule has 0 heterocycles. The van der Waals surface area contributed by atoms with Crippen molar-refractivity contribution in [2.75, 3.05) is 18.9 Å². The van der Waals surface area contributed by atoms with Crippen molar-refractivity contribution in [1.29, 1.82) is 0 Å². The molecule has 118 valence electrons. The van der Waals surface area contributed by atoms with Gasteiger partial charge < -0.3 is 15.3 Å². The summed E-state index contributed by atoms with van der Waals surface area (Å²) >= 11 is 0. The second-order valence-corrected chi connectivity index (χ2v) is 4.53. The Balaban J connectivity index is 2.66. The molecule has 0 saturated heterocycles. The average Bonchev–Trinajstić information content (AvgIpc) is 2.37. The summed E-state index contributed by atoms with van der Waals surface area (Å²) in [6.07, 6.45) is -6.95. The highest BCUT2D eigenvalue weighted by atomic mass is 19.4. The van der Waals surface area contributed by atoms with E-state index in [1.165, 1.54) is 12.1 Å². The summed E-state index contributed by atoms with van der Waals surface area (Å²) in [6.45, 7) is 0.855. The quantitative estimate of drug-likeness (QED) is 0.840. The van der Waals surface area contributed by atoms with Crippen molar-refractivity contribution in [2.24, 2.45) is 0 Å². The highest BCUT2D eigenvalue weighted by Crippen LogP contribution is 2.21. The minimum absolute atomic E-state index is 0.128. The fraction of sp³-hybridized carbons (Fsp3) is 0.462. The summed E-state index contributed by atoms with van der Waals surface area (Å²) in [4.78, 5) is 12.3. The number of likely N-dealkylation sites (N-methyl/N-ethyl adjacent to an activating group) is 1. The zero-order chi connectivity index (χ0) is 16.2. The number of halogens is 4. The van der Waals surface area contributed by atoms with Gasteiger partial charge in [-0.2, -0.15) is 13.2 Å². The predicted molar refractivity (Wildman–Crippen MR) is 69.5 cm³/mol. The van der Waals surface area contributed by atoms with E-state index in [0.717, 1.165) is 13.1 Å². The van der Waals surface area contributed by atoms with Crippen molar-refractivity contribution < 1.29 is 27.5 Å². The van der Waals surface area contributed by atoms with Gasteiger partial charge in [0.2, 0.25) is 0 Å². The number of nitrogens with zero attached hydrogens (tertiary/aromatic N) is 1. The van der Waals surface area contributed by atoms with Crippen molar-refractivity contribution in [1.82, 2.24) is 4.90 Å². The molecule has 0 bridgehead atoms. The second-order valence-electron chi connectivity index (χ2n) is 4.53. The van der Waals surface area contributed by atoms with Gasteiger partial charge in [-0.25, -0.2) is 9.18 Å². The third kappa shape index (κ3) is 4.89. The van der Waals surface area contributed by atoms with Crippen LogP contribution in [0.5, 0.6) is 0 Å². The number of aliphatic hydroxyl groups excluding tert-OH is 1. The molecule has 0 saturated carbocycles. The van der Waals surface area contributed by atoms with Gasteiger partial charge in [0.15, 0.2) is 6.10 Å². The fourth-order valence-electron chi connectivity index (χ4n) is 1.58. The van der Waals surface area contributed by atoms with Crippen LogP contribution in [0.3, 0.4) is 0 Å². The summed E-state index contributed by atoms with van der Waals surface area (Å²) in [6, 6.07) is 3.15. The normalized spacial score (nSPS) is 12.9. The van der Waals surface area contributed by atoms with Crippen LogP contribution < -0.4 is 5.32 Å². The molecule has 1 atom stereocenters. The van der Waals surface area contributed by atoms with E-state index in [1.54, 1.807) is 6.92 Å². The fourth-order valence-corrected chi connectivity index (χ4v) is 1.58. The van der Waals surface area contributed by atoms with Crippen LogP contribution in [-0.4, -0.2) is 41.9 Å². The molecular formula is C13H16F4N2O2. The van der Waals surface area contributed by atoms with Gasteiger partial charge in [0.1, 0.15) is 5.82 Å². The van der Waals surface area contributed by atoms with E-state index in [1.807, 2.05) is 0 Å². The predicted octanol–water partition coefficient (Wildman–Crippen LogP) is 2.78. The van der Waals surface area contributed by atoms with E-state index in [0.29, 0.717) is 16.9 Å². The number of benzene rings is 1. The molecule has 1 aromatic carbocycles. The molecule has 0 aromatic heterocycles. The molecule has 0 radical (unpaired) electrons. The molecule has 0 fully saturated rings. The molecule has 2 amide bonds. The number of alkyl halides is 3. The Bertz CT molecular complexity index is 505. The van der Waals surface area contributed by atoms with Crippen LogP contribution in [0.4, 0.5) is 28.0 Å². The standard InChI is InChI=1S/C13H16F4N2O2/c1-3-8-4-5-9(6-10(8)14)18-12(21)19(2)7-11(20)13(15,16)17/h4-6,11,20H,3,7H2,1-2H3,(H,18,21)/t11-/m0/s1. The number of aliphatic hydroxyl groups is 1. The van der Waals surface area contributed by atoms with Gasteiger partial charge in [-0.05, 0) is 24.1 Å². The number of nitrogens with one attached hydrogen (secondary N) is 1. The number of aryl methyl sites for hydroxylation is 1. The molecule has 21 heavy (non-hydrogen) atoms. The monoisotopic (exact) mass is 308 g/mol. The minimum Gasteiger partial charge on any atom is -0.382 e. The van der Waals surface area contributed by atoms with Gasteiger partial charge >= 0.3 is 12.2 Å². The number of urea groups is 1. The molecule has 0 aliphatic heterocycles. The van der Waals surface area contributed by atoms with Crippen LogP contribution in [0.25, 0.3) is 0 Å². The minimum atomic E-state index is -4.80. The number of anilines is 1. The molecule has 2 N–H and O–H groups in total. The highest BCUT2D eigenvalue weighted by molar-refractivity contribution is 5.89. The third-order valence-electron chi connectivity index (χ3n) is 2.86. The lowest BCUT2D eigenvalue weighted by molar-refractivity contribution is -0.205. The Kier molecular flexibility index (Phi) is 5.54. The lowest BCUT2D eigenvalue weighted by Gasteiger charge is -2.22. The largest absolute Gasteiger partial charge is 0.416 e. The maximum Gasteiger partial charge on any atom is 0.416 e. The van der Waals surface area contributed by atoms with E-state index in [4.69, 9.17) is 5.11 Å². The number of carbonyl (C=O) groups excluding carboxylic acids is 1. The summed E-state index contributed by atoms with van der Waals surface area (Å²) in [7, 11) is 1.10. The number of hydrogen-bond donors (Lipinski definition) is 2. The van der Waals surface area contributed by atoms with Gasteiger partial charge in [0.05, 0.1) is 6.54 Å². The van der Waals surface area contributed by atoms with Gasteiger partial charge in [0, 0.05) is 12.7 Å². The first kappa shape index (κ1) is 17.2. The first-order chi connectivity index (χ1) is 9.65. The van der Waals surface area contributed by atoms with Gasteiger partial charge in [-0.15, -0.1) is 0 Å². The topological polar surface area (TPSA) is 52.6 Å². The average molecular weight is 308 g/mol. The summed E-state index contributed by atoms with van der Waals surface area (Å²) in [5, 5.41) is 11.1. The van der Waals surface area contributed by atoms with Gasteiger partial charge in [0.25, 0.3) is 0 Å². The number of carbonyl (C=O) groups is 1. The first-order valence-corrected chi connectivity index (χ1v) is 6.20. The maximum atomic E-state index is 13.5. The molecule has 4 nitrogen and oxygen atoms in total. The smallest absolute Gasteiger partial charge is 0.382 e. The molecule has 8 heteroatoms. The van der Waals surface area contributed by atoms with Crippen LogP contribution in [0.15, 0.2) is 18.2 Å². The van der Waals surface area contributed by atoms with Crippen molar-refractivity contribution in [2.45, 2.75) is 25.6 Å². The Labute approximate surface area is 119 Å². The Morgan fingerprint density at radius 3 is 2.52 bits per heavy atom. The Morgan fingerprint density at radius 1 is 1.43 bits per heavy atom. The van der Waals surface area contributed by atoms with Crippen molar-refractivity contribution in [3.63, 3.8) is 0 Å². The van der Waals surface area contributed by atoms with Gasteiger partial charge in [-0.1, -0.05) is 13.0 Å². The zero-order valence-electron chi connectivity index (χ0n) is 11.5.